The van der Waals surface area contributed by atoms with Crippen LogP contribution in [0.1, 0.15) is 38.0 Å². The van der Waals surface area contributed by atoms with E-state index in [9.17, 15) is 14.4 Å². The highest BCUT2D eigenvalue weighted by molar-refractivity contribution is 6.36. The Balaban J connectivity index is 2.10. The standard InChI is InChI=1S/C16H10ClNO3/c1-9(19)10-3-2-4-12(7-10)18-15(20)13-6-5-11(17)8-14(13)16(18)21/h2-8H,1H3. The predicted molar refractivity (Wildman–Crippen MR) is 79.0 cm³/mol. The summed E-state index contributed by atoms with van der Waals surface area (Å²) < 4.78 is 0. The second-order valence-electron chi connectivity index (χ2n) is 4.74. The van der Waals surface area contributed by atoms with Gasteiger partial charge in [0.1, 0.15) is 0 Å². The van der Waals surface area contributed by atoms with E-state index in [1.165, 1.54) is 25.1 Å². The van der Waals surface area contributed by atoms with Crippen molar-refractivity contribution in [3.63, 3.8) is 0 Å². The van der Waals surface area contributed by atoms with Gasteiger partial charge in [0, 0.05) is 10.6 Å². The van der Waals surface area contributed by atoms with Crippen molar-refractivity contribution in [1.29, 1.82) is 0 Å². The van der Waals surface area contributed by atoms with Crippen molar-refractivity contribution >= 4 is 34.9 Å². The minimum Gasteiger partial charge on any atom is -0.295 e. The number of imide groups is 1. The zero-order valence-electron chi connectivity index (χ0n) is 11.1. The first-order chi connectivity index (χ1) is 9.99. The summed E-state index contributed by atoms with van der Waals surface area (Å²) in [5.74, 6) is -0.970. The Kier molecular flexibility index (Phi) is 3.11. The molecule has 0 aromatic heterocycles. The zero-order chi connectivity index (χ0) is 15.1. The fourth-order valence-electron chi connectivity index (χ4n) is 2.31. The van der Waals surface area contributed by atoms with Crippen molar-refractivity contribution < 1.29 is 14.4 Å². The molecule has 2 amide bonds. The maximum absolute atomic E-state index is 12.4. The molecule has 21 heavy (non-hydrogen) atoms. The van der Waals surface area contributed by atoms with E-state index < -0.39 is 11.8 Å². The molecule has 104 valence electrons. The number of Topliss-reactive ketones (excluding diaryl/α,β-unsaturated/α-hetero) is 1. The molecule has 2 aromatic carbocycles. The first kappa shape index (κ1) is 13.5. The molecule has 0 bridgehead atoms. The summed E-state index contributed by atoms with van der Waals surface area (Å²) in [7, 11) is 0. The van der Waals surface area contributed by atoms with Gasteiger partial charge < -0.3 is 0 Å². The van der Waals surface area contributed by atoms with Crippen LogP contribution >= 0.6 is 11.6 Å². The monoisotopic (exact) mass is 299 g/mol. The molecule has 3 rings (SSSR count). The molecule has 0 unspecified atom stereocenters. The third-order valence-electron chi connectivity index (χ3n) is 3.36. The molecular formula is C16H10ClNO3. The summed E-state index contributed by atoms with van der Waals surface area (Å²) in [6, 6.07) is 11.0. The number of nitrogens with zero attached hydrogens (tertiary/aromatic N) is 1. The molecule has 1 aliphatic rings. The number of carbonyl (C=O) groups is 3. The van der Waals surface area contributed by atoms with E-state index in [0.717, 1.165) is 4.90 Å². The number of rotatable bonds is 2. The molecule has 0 radical (unpaired) electrons. The van der Waals surface area contributed by atoms with E-state index in [0.29, 0.717) is 21.8 Å². The summed E-state index contributed by atoms with van der Waals surface area (Å²) >= 11 is 5.87. The first-order valence-electron chi connectivity index (χ1n) is 6.28. The van der Waals surface area contributed by atoms with Crippen LogP contribution in [0.5, 0.6) is 0 Å². The zero-order valence-corrected chi connectivity index (χ0v) is 11.8. The fourth-order valence-corrected chi connectivity index (χ4v) is 2.48. The molecule has 0 spiro atoms. The third kappa shape index (κ3) is 2.14. The Morgan fingerprint density at radius 3 is 2.43 bits per heavy atom. The molecule has 0 saturated carbocycles. The number of fused-ring (bicyclic) bond motifs is 1. The lowest BCUT2D eigenvalue weighted by molar-refractivity contribution is 0.0923. The fraction of sp³-hybridized carbons (Fsp3) is 0.0625. The minimum absolute atomic E-state index is 0.128. The lowest BCUT2D eigenvalue weighted by Crippen LogP contribution is -2.29. The molecule has 5 heteroatoms. The van der Waals surface area contributed by atoms with Gasteiger partial charge in [-0.15, -0.1) is 0 Å². The largest absolute Gasteiger partial charge is 0.295 e. The van der Waals surface area contributed by atoms with E-state index in [-0.39, 0.29) is 11.3 Å². The maximum Gasteiger partial charge on any atom is 0.266 e. The molecule has 0 saturated heterocycles. The molecule has 1 aliphatic heterocycles. The van der Waals surface area contributed by atoms with Gasteiger partial charge in [-0.25, -0.2) is 4.90 Å². The van der Waals surface area contributed by atoms with Crippen molar-refractivity contribution in [2.24, 2.45) is 0 Å². The maximum atomic E-state index is 12.4. The van der Waals surface area contributed by atoms with E-state index in [1.807, 2.05) is 0 Å². The van der Waals surface area contributed by atoms with Crippen molar-refractivity contribution in [2.75, 3.05) is 4.90 Å². The van der Waals surface area contributed by atoms with E-state index >= 15 is 0 Å². The molecule has 1 heterocycles. The SMILES string of the molecule is CC(=O)c1cccc(N2C(=O)c3ccc(Cl)cc3C2=O)c1. The van der Waals surface area contributed by atoms with Crippen LogP contribution in [0, 0.1) is 0 Å². The van der Waals surface area contributed by atoms with Crippen LogP contribution in [0.4, 0.5) is 5.69 Å². The lowest BCUT2D eigenvalue weighted by atomic mass is 10.1. The van der Waals surface area contributed by atoms with Crippen molar-refractivity contribution in [3.05, 3.63) is 64.2 Å². The number of hydrogen-bond donors (Lipinski definition) is 0. The highest BCUT2D eigenvalue weighted by atomic mass is 35.5. The second kappa shape index (κ2) is 4.82. The molecule has 0 N–H and O–H groups in total. The van der Waals surface area contributed by atoms with Gasteiger partial charge in [-0.2, -0.15) is 0 Å². The van der Waals surface area contributed by atoms with E-state index in [4.69, 9.17) is 11.6 Å². The Bertz CT molecular complexity index is 798. The van der Waals surface area contributed by atoms with Crippen LogP contribution < -0.4 is 4.90 Å². The molecule has 2 aromatic rings. The Hall–Kier alpha value is -2.46. The van der Waals surface area contributed by atoms with E-state index in [1.54, 1.807) is 24.3 Å². The summed E-state index contributed by atoms with van der Waals surface area (Å²) in [4.78, 5) is 37.3. The predicted octanol–water partition coefficient (Wildman–Crippen LogP) is 3.34. The number of hydrogen-bond acceptors (Lipinski definition) is 3. The van der Waals surface area contributed by atoms with Crippen LogP contribution in [0.15, 0.2) is 42.5 Å². The average molecular weight is 300 g/mol. The number of anilines is 1. The van der Waals surface area contributed by atoms with Crippen LogP contribution in [0.2, 0.25) is 5.02 Å². The van der Waals surface area contributed by atoms with Crippen molar-refractivity contribution in [2.45, 2.75) is 6.92 Å². The second-order valence-corrected chi connectivity index (χ2v) is 5.18. The van der Waals surface area contributed by atoms with Gasteiger partial charge in [-0.1, -0.05) is 23.7 Å². The highest BCUT2D eigenvalue weighted by Gasteiger charge is 2.36. The van der Waals surface area contributed by atoms with Gasteiger partial charge in [0.2, 0.25) is 0 Å². The number of amides is 2. The van der Waals surface area contributed by atoms with E-state index in [2.05, 4.69) is 0 Å². The van der Waals surface area contributed by atoms with Gasteiger partial charge in [-0.05, 0) is 37.3 Å². The number of carbonyl (C=O) groups excluding carboxylic acids is 3. The Morgan fingerprint density at radius 1 is 1.00 bits per heavy atom. The topological polar surface area (TPSA) is 54.5 Å². The first-order valence-corrected chi connectivity index (χ1v) is 6.66. The summed E-state index contributed by atoms with van der Waals surface area (Å²) in [5.41, 5.74) is 1.42. The third-order valence-corrected chi connectivity index (χ3v) is 3.59. The van der Waals surface area contributed by atoms with Crippen molar-refractivity contribution in [1.82, 2.24) is 0 Å². The smallest absolute Gasteiger partial charge is 0.266 e. The molecule has 0 aliphatic carbocycles. The minimum atomic E-state index is -0.432. The van der Waals surface area contributed by atoms with Crippen LogP contribution in [-0.4, -0.2) is 17.6 Å². The number of ketones is 1. The molecule has 4 nitrogen and oxygen atoms in total. The van der Waals surface area contributed by atoms with Gasteiger partial charge >= 0.3 is 0 Å². The highest BCUT2D eigenvalue weighted by Crippen LogP contribution is 2.30. The number of halogens is 1. The van der Waals surface area contributed by atoms with Crippen LogP contribution in [-0.2, 0) is 0 Å². The summed E-state index contributed by atoms with van der Waals surface area (Å²) in [6.45, 7) is 1.43. The van der Waals surface area contributed by atoms with Gasteiger partial charge in [-0.3, -0.25) is 14.4 Å². The molecular weight excluding hydrogens is 290 g/mol. The van der Waals surface area contributed by atoms with Crippen LogP contribution in [0.3, 0.4) is 0 Å². The normalized spacial score (nSPS) is 13.5. The molecule has 0 atom stereocenters. The van der Waals surface area contributed by atoms with Gasteiger partial charge in [0.25, 0.3) is 11.8 Å². The van der Waals surface area contributed by atoms with Crippen molar-refractivity contribution in [3.8, 4) is 0 Å². The lowest BCUT2D eigenvalue weighted by Gasteiger charge is -2.14. The van der Waals surface area contributed by atoms with Crippen LogP contribution in [0.25, 0.3) is 0 Å². The molecule has 0 fully saturated rings. The average Bonchev–Trinajstić information content (AvgIpc) is 2.70. The quantitative estimate of drug-likeness (QED) is 0.631. The number of benzene rings is 2. The Morgan fingerprint density at radius 2 is 1.71 bits per heavy atom. The Labute approximate surface area is 125 Å². The summed E-state index contributed by atoms with van der Waals surface area (Å²) in [6.07, 6.45) is 0. The van der Waals surface area contributed by atoms with Gasteiger partial charge in [0.15, 0.2) is 5.78 Å². The van der Waals surface area contributed by atoms with Gasteiger partial charge in [0.05, 0.1) is 16.8 Å². The summed E-state index contributed by atoms with van der Waals surface area (Å²) in [5, 5.41) is 0.397.